The number of ether oxygens (including phenoxy) is 1. The molecule has 0 aliphatic carbocycles. The second-order valence-corrected chi connectivity index (χ2v) is 6.86. The van der Waals surface area contributed by atoms with Gasteiger partial charge in [0.1, 0.15) is 24.0 Å². The Morgan fingerprint density at radius 2 is 1.89 bits per heavy atom. The molecule has 0 spiro atoms. The molecule has 6 heteroatoms. The molecule has 0 amide bonds. The lowest BCUT2D eigenvalue weighted by Gasteiger charge is -2.06. The molecule has 0 aliphatic rings. The summed E-state index contributed by atoms with van der Waals surface area (Å²) in [5, 5.41) is 15.4. The Kier molecular flexibility index (Phi) is 5.27. The first-order valence-electron chi connectivity index (χ1n) is 8.58. The molecular weight excluding hydrogens is 370 g/mol. The molecule has 0 unspecified atom stereocenters. The van der Waals surface area contributed by atoms with Gasteiger partial charge >= 0.3 is 0 Å². The summed E-state index contributed by atoms with van der Waals surface area (Å²) in [6.07, 6.45) is 1.71. The zero-order chi connectivity index (χ0) is 19.2. The molecule has 0 bridgehead atoms. The molecule has 0 aliphatic heterocycles. The first-order valence-corrected chi connectivity index (χ1v) is 9.46. The van der Waals surface area contributed by atoms with Gasteiger partial charge in [0.05, 0.1) is 4.88 Å². The number of thiophene rings is 1. The third-order valence-electron chi connectivity index (χ3n) is 3.96. The van der Waals surface area contributed by atoms with Gasteiger partial charge in [0.15, 0.2) is 0 Å². The predicted molar refractivity (Wildman–Crippen MR) is 108 cm³/mol. The number of allylic oxidation sites excluding steroid dienone is 1. The fraction of sp³-hybridized carbons (Fsp3) is 0.0455. The van der Waals surface area contributed by atoms with Crippen molar-refractivity contribution in [2.24, 2.45) is 0 Å². The van der Waals surface area contributed by atoms with Crippen LogP contribution in [0.4, 0.5) is 0 Å². The van der Waals surface area contributed by atoms with Crippen LogP contribution in [-0.2, 0) is 6.61 Å². The fourth-order valence-electron chi connectivity index (χ4n) is 2.55. The van der Waals surface area contributed by atoms with Crippen LogP contribution in [0.5, 0.6) is 5.75 Å². The number of nitriles is 1. The van der Waals surface area contributed by atoms with Crippen LogP contribution in [0.1, 0.15) is 17.0 Å². The van der Waals surface area contributed by atoms with Crippen LogP contribution < -0.4 is 4.74 Å². The average molecular weight is 385 g/mol. The highest BCUT2D eigenvalue weighted by Gasteiger charge is 2.13. The summed E-state index contributed by atoms with van der Waals surface area (Å²) < 4.78 is 11.0. The van der Waals surface area contributed by atoms with E-state index in [9.17, 15) is 5.26 Å². The Hall–Kier alpha value is -3.69. The summed E-state index contributed by atoms with van der Waals surface area (Å²) in [6.45, 7) is 0.507. The van der Waals surface area contributed by atoms with Gasteiger partial charge in [0.25, 0.3) is 5.89 Å². The second kappa shape index (κ2) is 8.33. The van der Waals surface area contributed by atoms with Gasteiger partial charge in [-0.15, -0.1) is 11.3 Å². The Morgan fingerprint density at radius 1 is 1.07 bits per heavy atom. The molecule has 28 heavy (non-hydrogen) atoms. The van der Waals surface area contributed by atoms with Gasteiger partial charge in [-0.25, -0.2) is 0 Å². The van der Waals surface area contributed by atoms with Gasteiger partial charge in [0, 0.05) is 0 Å². The normalized spacial score (nSPS) is 11.2. The molecule has 136 valence electrons. The van der Waals surface area contributed by atoms with Crippen molar-refractivity contribution in [2.45, 2.75) is 6.61 Å². The molecule has 0 radical (unpaired) electrons. The average Bonchev–Trinajstić information content (AvgIpc) is 3.44. The van der Waals surface area contributed by atoms with Crippen LogP contribution in [0, 0.1) is 11.3 Å². The predicted octanol–water partition coefficient (Wildman–Crippen LogP) is 5.44. The lowest BCUT2D eigenvalue weighted by atomic mass is 10.1. The van der Waals surface area contributed by atoms with E-state index in [4.69, 9.17) is 9.26 Å². The minimum Gasteiger partial charge on any atom is -0.489 e. The van der Waals surface area contributed by atoms with E-state index < -0.39 is 0 Å². The van der Waals surface area contributed by atoms with Crippen molar-refractivity contribution in [3.05, 3.63) is 89.1 Å². The van der Waals surface area contributed by atoms with Crippen molar-refractivity contribution in [3.8, 4) is 22.5 Å². The molecule has 4 rings (SSSR count). The first kappa shape index (κ1) is 17.7. The number of hydrogen-bond donors (Lipinski definition) is 0. The molecular formula is C22H15N3O2S. The molecule has 2 aromatic heterocycles. The maximum atomic E-state index is 9.48. The van der Waals surface area contributed by atoms with Crippen molar-refractivity contribution >= 4 is 23.0 Å². The third-order valence-corrected chi connectivity index (χ3v) is 4.82. The molecule has 0 saturated heterocycles. The molecule has 2 heterocycles. The standard InChI is InChI=1S/C22H15N3O2S/c23-14-18(22-24-21(25-27-22)20-7-4-12-28-20)13-16-8-10-19(11-9-16)26-15-17-5-2-1-3-6-17/h1-13H,15H2/b18-13+. The lowest BCUT2D eigenvalue weighted by Crippen LogP contribution is -1.94. The van der Waals surface area contributed by atoms with Crippen LogP contribution in [-0.4, -0.2) is 10.1 Å². The summed E-state index contributed by atoms with van der Waals surface area (Å²) in [5.74, 6) is 1.45. The maximum Gasteiger partial charge on any atom is 0.268 e. The monoisotopic (exact) mass is 385 g/mol. The molecule has 5 nitrogen and oxygen atoms in total. The van der Waals surface area contributed by atoms with E-state index in [1.54, 1.807) is 6.08 Å². The summed E-state index contributed by atoms with van der Waals surface area (Å²) in [6, 6.07) is 23.4. The minimum absolute atomic E-state index is 0.204. The van der Waals surface area contributed by atoms with E-state index in [0.29, 0.717) is 18.0 Å². The van der Waals surface area contributed by atoms with Gasteiger partial charge in [-0.3, -0.25) is 0 Å². The number of benzene rings is 2. The van der Waals surface area contributed by atoms with Gasteiger partial charge in [-0.2, -0.15) is 10.2 Å². The van der Waals surface area contributed by atoms with Crippen LogP contribution in [0.2, 0.25) is 0 Å². The van der Waals surface area contributed by atoms with E-state index in [1.165, 1.54) is 11.3 Å². The number of rotatable bonds is 6. The SMILES string of the molecule is N#C/C(=C\c1ccc(OCc2ccccc2)cc1)c1nc(-c2cccs2)no1. The Labute approximate surface area is 166 Å². The maximum absolute atomic E-state index is 9.48. The lowest BCUT2D eigenvalue weighted by molar-refractivity contribution is 0.306. The van der Waals surface area contributed by atoms with Gasteiger partial charge < -0.3 is 9.26 Å². The van der Waals surface area contributed by atoms with Crippen molar-refractivity contribution in [1.29, 1.82) is 5.26 Å². The van der Waals surface area contributed by atoms with E-state index in [2.05, 4.69) is 16.2 Å². The number of hydrogen-bond acceptors (Lipinski definition) is 6. The molecule has 4 aromatic rings. The van der Waals surface area contributed by atoms with Crippen molar-refractivity contribution < 1.29 is 9.26 Å². The van der Waals surface area contributed by atoms with E-state index in [-0.39, 0.29) is 5.89 Å². The van der Waals surface area contributed by atoms with Crippen molar-refractivity contribution in [2.75, 3.05) is 0 Å². The van der Waals surface area contributed by atoms with Crippen LogP contribution >= 0.6 is 11.3 Å². The quantitative estimate of drug-likeness (QED) is 0.413. The zero-order valence-corrected chi connectivity index (χ0v) is 15.6. The molecule has 2 aromatic carbocycles. The molecule has 0 N–H and O–H groups in total. The second-order valence-electron chi connectivity index (χ2n) is 5.91. The fourth-order valence-corrected chi connectivity index (χ4v) is 3.20. The van der Waals surface area contributed by atoms with Gasteiger partial charge in [-0.05, 0) is 40.8 Å². The van der Waals surface area contributed by atoms with Crippen LogP contribution in [0.25, 0.3) is 22.4 Å². The Balaban J connectivity index is 1.47. The summed E-state index contributed by atoms with van der Waals surface area (Å²) >= 11 is 1.52. The summed E-state index contributed by atoms with van der Waals surface area (Å²) in [4.78, 5) is 5.21. The number of nitrogens with zero attached hydrogens (tertiary/aromatic N) is 3. The van der Waals surface area contributed by atoms with E-state index in [1.807, 2.05) is 72.1 Å². The minimum atomic E-state index is 0.204. The smallest absolute Gasteiger partial charge is 0.268 e. The van der Waals surface area contributed by atoms with Crippen molar-refractivity contribution in [1.82, 2.24) is 10.1 Å². The molecule has 0 atom stereocenters. The van der Waals surface area contributed by atoms with Gasteiger partial charge in [-0.1, -0.05) is 53.7 Å². The summed E-state index contributed by atoms with van der Waals surface area (Å²) in [7, 11) is 0. The Morgan fingerprint density at radius 3 is 2.61 bits per heavy atom. The van der Waals surface area contributed by atoms with Crippen LogP contribution in [0.15, 0.2) is 76.6 Å². The van der Waals surface area contributed by atoms with Crippen LogP contribution in [0.3, 0.4) is 0 Å². The first-order chi connectivity index (χ1) is 13.8. The van der Waals surface area contributed by atoms with E-state index in [0.717, 1.165) is 21.8 Å². The van der Waals surface area contributed by atoms with Crippen molar-refractivity contribution in [3.63, 3.8) is 0 Å². The Bertz CT molecular complexity index is 1110. The molecule has 0 saturated carbocycles. The third kappa shape index (κ3) is 4.17. The largest absolute Gasteiger partial charge is 0.489 e. The van der Waals surface area contributed by atoms with Gasteiger partial charge in [0.2, 0.25) is 5.82 Å². The highest BCUT2D eigenvalue weighted by atomic mass is 32.1. The highest BCUT2D eigenvalue weighted by Crippen LogP contribution is 2.24. The molecule has 0 fully saturated rings. The number of aromatic nitrogens is 2. The highest BCUT2D eigenvalue weighted by molar-refractivity contribution is 7.13. The summed E-state index contributed by atoms with van der Waals surface area (Å²) in [5.41, 5.74) is 2.27. The van der Waals surface area contributed by atoms with E-state index >= 15 is 0 Å². The zero-order valence-electron chi connectivity index (χ0n) is 14.8. The topological polar surface area (TPSA) is 71.9 Å².